The number of sulfonamides is 1. The third kappa shape index (κ3) is 4.30. The highest BCUT2D eigenvalue weighted by atomic mass is 32.2. The van der Waals surface area contributed by atoms with Gasteiger partial charge in [0.05, 0.1) is 11.2 Å². The van der Waals surface area contributed by atoms with Crippen molar-refractivity contribution in [3.05, 3.63) is 33.9 Å². The summed E-state index contributed by atoms with van der Waals surface area (Å²) < 4.78 is 24.0. The number of benzene rings is 1. The van der Waals surface area contributed by atoms with Crippen LogP contribution in [0.1, 0.15) is 5.56 Å². The first kappa shape index (κ1) is 14.4. The van der Waals surface area contributed by atoms with Crippen molar-refractivity contribution in [3.63, 3.8) is 0 Å². The van der Waals surface area contributed by atoms with Crippen LogP contribution in [-0.2, 0) is 10.0 Å². The predicted molar refractivity (Wildman–Crippen MR) is 69.2 cm³/mol. The highest BCUT2D eigenvalue weighted by Crippen LogP contribution is 2.24. The number of hydrogen-bond donors (Lipinski definition) is 2. The van der Waals surface area contributed by atoms with Crippen LogP contribution < -0.4 is 10.0 Å². The molecule has 0 aliphatic carbocycles. The molecule has 0 radical (unpaired) electrons. The molecule has 18 heavy (non-hydrogen) atoms. The average molecular weight is 273 g/mol. The maximum absolute atomic E-state index is 10.8. The van der Waals surface area contributed by atoms with Crippen molar-refractivity contribution in [2.24, 2.45) is 0 Å². The standard InChI is InChI=1S/C10H15N3O4S/c1-8-9(4-3-5-10(8)13(14)15)11-6-7-12-18(2,16)17/h3-5,11-12H,6-7H2,1-2H3. The second-order valence-electron chi connectivity index (χ2n) is 3.80. The predicted octanol–water partition coefficient (Wildman–Crippen LogP) is 0.864. The zero-order valence-corrected chi connectivity index (χ0v) is 11.0. The zero-order chi connectivity index (χ0) is 13.8. The van der Waals surface area contributed by atoms with Crippen molar-refractivity contribution in [3.8, 4) is 0 Å². The highest BCUT2D eigenvalue weighted by molar-refractivity contribution is 7.88. The molecule has 0 amide bonds. The number of anilines is 1. The number of nitrogens with zero attached hydrogens (tertiary/aromatic N) is 1. The molecule has 0 saturated carbocycles. The zero-order valence-electron chi connectivity index (χ0n) is 10.1. The lowest BCUT2D eigenvalue weighted by molar-refractivity contribution is -0.385. The Bertz CT molecular complexity index is 542. The van der Waals surface area contributed by atoms with Crippen LogP contribution in [0.4, 0.5) is 11.4 Å². The Balaban J connectivity index is 2.63. The van der Waals surface area contributed by atoms with E-state index in [0.29, 0.717) is 17.8 Å². The molecule has 0 atom stereocenters. The Morgan fingerprint density at radius 2 is 2.00 bits per heavy atom. The van der Waals surface area contributed by atoms with E-state index in [1.807, 2.05) is 0 Å². The van der Waals surface area contributed by atoms with E-state index in [-0.39, 0.29) is 12.2 Å². The summed E-state index contributed by atoms with van der Waals surface area (Å²) in [6, 6.07) is 4.72. The summed E-state index contributed by atoms with van der Waals surface area (Å²) in [4.78, 5) is 10.3. The van der Waals surface area contributed by atoms with E-state index in [9.17, 15) is 18.5 Å². The van der Waals surface area contributed by atoms with E-state index in [4.69, 9.17) is 0 Å². The van der Waals surface area contributed by atoms with Crippen LogP contribution >= 0.6 is 0 Å². The molecule has 0 spiro atoms. The smallest absolute Gasteiger partial charge is 0.274 e. The van der Waals surface area contributed by atoms with Crippen molar-refractivity contribution in [1.29, 1.82) is 0 Å². The fourth-order valence-corrected chi connectivity index (χ4v) is 1.92. The Labute approximate surface area is 105 Å². The van der Waals surface area contributed by atoms with Crippen LogP contribution in [0.3, 0.4) is 0 Å². The number of nitro groups is 1. The molecule has 0 saturated heterocycles. The summed E-state index contributed by atoms with van der Waals surface area (Å²) in [7, 11) is -3.21. The monoisotopic (exact) mass is 273 g/mol. The molecule has 0 aliphatic heterocycles. The van der Waals surface area contributed by atoms with Gasteiger partial charge in [-0.3, -0.25) is 10.1 Å². The average Bonchev–Trinajstić information content (AvgIpc) is 2.24. The van der Waals surface area contributed by atoms with Crippen molar-refractivity contribution in [2.75, 3.05) is 24.7 Å². The van der Waals surface area contributed by atoms with Gasteiger partial charge in [0.1, 0.15) is 0 Å². The van der Waals surface area contributed by atoms with Gasteiger partial charge in [-0.2, -0.15) is 0 Å². The Kier molecular flexibility index (Phi) is 4.62. The van der Waals surface area contributed by atoms with E-state index in [1.165, 1.54) is 6.07 Å². The van der Waals surface area contributed by atoms with Crippen molar-refractivity contribution < 1.29 is 13.3 Å². The molecule has 1 aromatic rings. The Morgan fingerprint density at radius 1 is 1.33 bits per heavy atom. The molecule has 0 bridgehead atoms. The van der Waals surface area contributed by atoms with Crippen LogP contribution in [0, 0.1) is 17.0 Å². The minimum Gasteiger partial charge on any atom is -0.383 e. The quantitative estimate of drug-likeness (QED) is 0.455. The summed E-state index contributed by atoms with van der Waals surface area (Å²) >= 11 is 0. The maximum Gasteiger partial charge on any atom is 0.274 e. The van der Waals surface area contributed by atoms with Gasteiger partial charge >= 0.3 is 0 Å². The summed E-state index contributed by atoms with van der Waals surface area (Å²) in [5.41, 5.74) is 1.19. The van der Waals surface area contributed by atoms with Gasteiger partial charge in [-0.1, -0.05) is 6.07 Å². The van der Waals surface area contributed by atoms with Gasteiger partial charge in [0.2, 0.25) is 10.0 Å². The van der Waals surface area contributed by atoms with Crippen LogP contribution in [-0.4, -0.2) is 32.7 Å². The maximum atomic E-state index is 10.8. The second-order valence-corrected chi connectivity index (χ2v) is 5.63. The summed E-state index contributed by atoms with van der Waals surface area (Å²) in [5, 5.41) is 13.7. The number of nitro benzene ring substituents is 1. The SMILES string of the molecule is Cc1c(NCCNS(C)(=O)=O)cccc1[N+](=O)[O-]. The first-order valence-corrected chi connectivity index (χ1v) is 7.13. The molecule has 0 unspecified atom stereocenters. The van der Waals surface area contributed by atoms with E-state index in [0.717, 1.165) is 6.26 Å². The van der Waals surface area contributed by atoms with E-state index < -0.39 is 14.9 Å². The second kappa shape index (κ2) is 5.78. The summed E-state index contributed by atoms with van der Waals surface area (Å²) in [5.74, 6) is 0. The van der Waals surface area contributed by atoms with Crippen LogP contribution in [0.5, 0.6) is 0 Å². The number of nitrogens with one attached hydrogen (secondary N) is 2. The molecule has 2 N–H and O–H groups in total. The minimum absolute atomic E-state index is 0.0380. The van der Waals surface area contributed by atoms with Gasteiger partial charge in [0.15, 0.2) is 0 Å². The normalized spacial score (nSPS) is 11.2. The minimum atomic E-state index is -3.21. The third-order valence-corrected chi connectivity index (χ3v) is 3.04. The summed E-state index contributed by atoms with van der Waals surface area (Å²) in [6.07, 6.45) is 1.08. The van der Waals surface area contributed by atoms with Gasteiger partial charge < -0.3 is 5.32 Å². The van der Waals surface area contributed by atoms with Crippen LogP contribution in [0.15, 0.2) is 18.2 Å². The summed E-state index contributed by atoms with van der Waals surface area (Å²) in [6.45, 7) is 2.22. The third-order valence-electron chi connectivity index (χ3n) is 2.31. The van der Waals surface area contributed by atoms with Gasteiger partial charge in [-0.05, 0) is 13.0 Å². The molecule has 1 rings (SSSR count). The van der Waals surface area contributed by atoms with Gasteiger partial charge in [-0.15, -0.1) is 0 Å². The molecule has 7 nitrogen and oxygen atoms in total. The molecule has 0 aromatic heterocycles. The van der Waals surface area contributed by atoms with Gasteiger partial charge in [0, 0.05) is 30.4 Å². The van der Waals surface area contributed by atoms with Crippen molar-refractivity contribution in [1.82, 2.24) is 4.72 Å². The molecule has 0 aliphatic rings. The lowest BCUT2D eigenvalue weighted by Crippen LogP contribution is -2.27. The lowest BCUT2D eigenvalue weighted by Gasteiger charge is -2.09. The van der Waals surface area contributed by atoms with Crippen molar-refractivity contribution >= 4 is 21.4 Å². The molecular formula is C10H15N3O4S. The Hall–Kier alpha value is -1.67. The van der Waals surface area contributed by atoms with E-state index >= 15 is 0 Å². The van der Waals surface area contributed by atoms with Gasteiger partial charge in [-0.25, -0.2) is 13.1 Å². The van der Waals surface area contributed by atoms with E-state index in [2.05, 4.69) is 10.0 Å². The molecule has 0 heterocycles. The van der Waals surface area contributed by atoms with E-state index in [1.54, 1.807) is 19.1 Å². The van der Waals surface area contributed by atoms with Crippen LogP contribution in [0.2, 0.25) is 0 Å². The number of hydrogen-bond acceptors (Lipinski definition) is 5. The molecule has 1 aromatic carbocycles. The lowest BCUT2D eigenvalue weighted by atomic mass is 10.1. The Morgan fingerprint density at radius 3 is 2.56 bits per heavy atom. The molecule has 100 valence electrons. The topological polar surface area (TPSA) is 101 Å². The van der Waals surface area contributed by atoms with Crippen molar-refractivity contribution in [2.45, 2.75) is 6.92 Å². The first-order valence-electron chi connectivity index (χ1n) is 5.24. The van der Waals surface area contributed by atoms with Gasteiger partial charge in [0.25, 0.3) is 5.69 Å². The largest absolute Gasteiger partial charge is 0.383 e. The molecule has 8 heteroatoms. The number of rotatable bonds is 6. The van der Waals surface area contributed by atoms with Crippen LogP contribution in [0.25, 0.3) is 0 Å². The molecule has 0 fully saturated rings. The fraction of sp³-hybridized carbons (Fsp3) is 0.400. The first-order chi connectivity index (χ1) is 8.31. The highest BCUT2D eigenvalue weighted by Gasteiger charge is 2.12. The molecular weight excluding hydrogens is 258 g/mol. The fourth-order valence-electron chi connectivity index (χ4n) is 1.45.